The second kappa shape index (κ2) is 4.44. The molecular formula is C10H10BrN3O. The molecule has 2 aromatic rings. The lowest BCUT2D eigenvalue weighted by Gasteiger charge is -2.02. The highest BCUT2D eigenvalue weighted by Crippen LogP contribution is 2.14. The van der Waals surface area contributed by atoms with E-state index < -0.39 is 0 Å². The lowest BCUT2D eigenvalue weighted by atomic mass is 10.4. The van der Waals surface area contributed by atoms with Crippen LogP contribution in [0.5, 0.6) is 0 Å². The van der Waals surface area contributed by atoms with Crippen LogP contribution >= 0.6 is 15.9 Å². The van der Waals surface area contributed by atoms with Crippen LogP contribution in [0.15, 0.2) is 33.5 Å². The molecule has 5 heteroatoms. The number of hydrogen-bond acceptors (Lipinski definition) is 4. The summed E-state index contributed by atoms with van der Waals surface area (Å²) >= 11 is 3.35. The van der Waals surface area contributed by atoms with Crippen LogP contribution in [0.2, 0.25) is 0 Å². The van der Waals surface area contributed by atoms with Crippen molar-refractivity contribution in [3.8, 4) is 0 Å². The molecule has 0 aliphatic heterocycles. The molecule has 0 bridgehead atoms. The Morgan fingerprint density at radius 1 is 1.40 bits per heavy atom. The van der Waals surface area contributed by atoms with Crippen molar-refractivity contribution in [3.05, 3.63) is 40.8 Å². The van der Waals surface area contributed by atoms with Crippen molar-refractivity contribution in [3.63, 3.8) is 0 Å². The second-order valence-corrected chi connectivity index (χ2v) is 4.03. The van der Waals surface area contributed by atoms with Crippen LogP contribution < -0.4 is 5.32 Å². The summed E-state index contributed by atoms with van der Waals surface area (Å²) in [7, 11) is 0. The summed E-state index contributed by atoms with van der Waals surface area (Å²) in [6.45, 7) is 2.43. The third kappa shape index (κ3) is 2.79. The predicted octanol–water partition coefficient (Wildman–Crippen LogP) is 2.75. The van der Waals surface area contributed by atoms with Crippen molar-refractivity contribution in [2.75, 3.05) is 5.32 Å². The Hall–Kier alpha value is -1.36. The Morgan fingerprint density at radius 2 is 2.27 bits per heavy atom. The molecule has 0 radical (unpaired) electrons. The summed E-state index contributed by atoms with van der Waals surface area (Å²) in [6, 6.07) is 1.95. The number of anilines is 1. The SMILES string of the molecule is Cc1cnc(CNc2cncc(Br)c2)o1. The van der Waals surface area contributed by atoms with Crippen molar-refractivity contribution < 1.29 is 4.42 Å². The normalized spacial score (nSPS) is 10.3. The molecule has 0 spiro atoms. The van der Waals surface area contributed by atoms with Crippen molar-refractivity contribution in [1.29, 1.82) is 0 Å². The first kappa shape index (κ1) is 10.2. The van der Waals surface area contributed by atoms with Crippen molar-refractivity contribution in [2.45, 2.75) is 13.5 Å². The first-order chi connectivity index (χ1) is 7.24. The van der Waals surface area contributed by atoms with Crippen LogP contribution in [0, 0.1) is 6.92 Å². The Balaban J connectivity index is 1.99. The van der Waals surface area contributed by atoms with Crippen molar-refractivity contribution in [1.82, 2.24) is 9.97 Å². The van der Waals surface area contributed by atoms with Crippen LogP contribution in [0.25, 0.3) is 0 Å². The maximum Gasteiger partial charge on any atom is 0.213 e. The summed E-state index contributed by atoms with van der Waals surface area (Å²) in [5, 5.41) is 3.17. The van der Waals surface area contributed by atoms with E-state index in [2.05, 4.69) is 31.2 Å². The zero-order valence-electron chi connectivity index (χ0n) is 8.20. The average Bonchev–Trinajstić information content (AvgIpc) is 2.62. The monoisotopic (exact) mass is 267 g/mol. The molecule has 0 unspecified atom stereocenters. The first-order valence-corrected chi connectivity index (χ1v) is 5.29. The Kier molecular flexibility index (Phi) is 3.01. The average molecular weight is 268 g/mol. The highest BCUT2D eigenvalue weighted by molar-refractivity contribution is 9.10. The molecule has 78 valence electrons. The maximum atomic E-state index is 5.33. The van der Waals surface area contributed by atoms with E-state index >= 15 is 0 Å². The van der Waals surface area contributed by atoms with Crippen LogP contribution in [-0.2, 0) is 6.54 Å². The van der Waals surface area contributed by atoms with Crippen LogP contribution in [0.3, 0.4) is 0 Å². The molecule has 0 aromatic carbocycles. The number of oxazole rings is 1. The number of pyridine rings is 1. The largest absolute Gasteiger partial charge is 0.444 e. The van der Waals surface area contributed by atoms with Gasteiger partial charge in [-0.15, -0.1) is 0 Å². The standard InChI is InChI=1S/C10H10BrN3O/c1-7-3-14-10(15-7)6-13-9-2-8(11)4-12-5-9/h2-5,13H,6H2,1H3. The molecule has 2 heterocycles. The van der Waals surface area contributed by atoms with Gasteiger partial charge in [-0.05, 0) is 28.9 Å². The van der Waals surface area contributed by atoms with Gasteiger partial charge in [0.1, 0.15) is 5.76 Å². The fourth-order valence-electron chi connectivity index (χ4n) is 1.17. The summed E-state index contributed by atoms with van der Waals surface area (Å²) < 4.78 is 6.27. The van der Waals surface area contributed by atoms with E-state index in [-0.39, 0.29) is 0 Å². The molecule has 1 N–H and O–H groups in total. The predicted molar refractivity (Wildman–Crippen MR) is 60.5 cm³/mol. The minimum absolute atomic E-state index is 0.561. The minimum atomic E-state index is 0.561. The molecule has 2 aromatic heterocycles. The maximum absolute atomic E-state index is 5.33. The lowest BCUT2D eigenvalue weighted by molar-refractivity contribution is 0.479. The van der Waals surface area contributed by atoms with Crippen molar-refractivity contribution >= 4 is 21.6 Å². The van der Waals surface area contributed by atoms with Crippen LogP contribution in [0.1, 0.15) is 11.7 Å². The number of hydrogen-bond donors (Lipinski definition) is 1. The molecule has 0 amide bonds. The van der Waals surface area contributed by atoms with Gasteiger partial charge in [-0.3, -0.25) is 4.98 Å². The zero-order chi connectivity index (χ0) is 10.7. The van der Waals surface area contributed by atoms with Gasteiger partial charge in [0.05, 0.1) is 24.6 Å². The van der Waals surface area contributed by atoms with Gasteiger partial charge in [0.25, 0.3) is 0 Å². The number of halogens is 1. The van der Waals surface area contributed by atoms with Crippen LogP contribution in [0.4, 0.5) is 5.69 Å². The van der Waals surface area contributed by atoms with Gasteiger partial charge in [0.2, 0.25) is 5.89 Å². The summed E-state index contributed by atoms with van der Waals surface area (Å²) in [6.07, 6.45) is 5.19. The molecule has 4 nitrogen and oxygen atoms in total. The number of aromatic nitrogens is 2. The second-order valence-electron chi connectivity index (χ2n) is 3.11. The molecular weight excluding hydrogens is 258 g/mol. The molecule has 2 rings (SSSR count). The Bertz CT molecular complexity index is 455. The quantitative estimate of drug-likeness (QED) is 0.929. The van der Waals surface area contributed by atoms with E-state index in [1.54, 1.807) is 18.6 Å². The van der Waals surface area contributed by atoms with E-state index in [4.69, 9.17) is 4.42 Å². The molecule has 0 fully saturated rings. The van der Waals surface area contributed by atoms with E-state index in [0.29, 0.717) is 12.4 Å². The molecule has 0 saturated heterocycles. The molecule has 0 aliphatic rings. The third-order valence-corrected chi connectivity index (χ3v) is 2.25. The molecule has 0 atom stereocenters. The van der Waals surface area contributed by atoms with E-state index in [1.165, 1.54) is 0 Å². The first-order valence-electron chi connectivity index (χ1n) is 4.50. The fourth-order valence-corrected chi connectivity index (χ4v) is 1.53. The Labute approximate surface area is 95.9 Å². The van der Waals surface area contributed by atoms with Gasteiger partial charge in [0.15, 0.2) is 0 Å². The zero-order valence-corrected chi connectivity index (χ0v) is 9.78. The Morgan fingerprint density at radius 3 is 2.93 bits per heavy atom. The van der Waals surface area contributed by atoms with Gasteiger partial charge in [0, 0.05) is 10.7 Å². The topological polar surface area (TPSA) is 51.0 Å². The molecule has 0 saturated carbocycles. The van der Waals surface area contributed by atoms with E-state index in [0.717, 1.165) is 15.9 Å². The summed E-state index contributed by atoms with van der Waals surface area (Å²) in [5.41, 5.74) is 0.931. The third-order valence-electron chi connectivity index (χ3n) is 1.82. The van der Waals surface area contributed by atoms with Gasteiger partial charge in [-0.2, -0.15) is 0 Å². The van der Waals surface area contributed by atoms with Crippen molar-refractivity contribution in [2.24, 2.45) is 0 Å². The fraction of sp³-hybridized carbons (Fsp3) is 0.200. The molecule has 15 heavy (non-hydrogen) atoms. The number of nitrogens with zero attached hydrogens (tertiary/aromatic N) is 2. The highest BCUT2D eigenvalue weighted by Gasteiger charge is 2.00. The van der Waals surface area contributed by atoms with Gasteiger partial charge >= 0.3 is 0 Å². The van der Waals surface area contributed by atoms with E-state index in [1.807, 2.05) is 13.0 Å². The smallest absolute Gasteiger partial charge is 0.213 e. The molecule has 0 aliphatic carbocycles. The van der Waals surface area contributed by atoms with Crippen LogP contribution in [-0.4, -0.2) is 9.97 Å². The summed E-state index contributed by atoms with van der Waals surface area (Å²) in [5.74, 6) is 1.49. The van der Waals surface area contributed by atoms with Gasteiger partial charge < -0.3 is 9.73 Å². The number of rotatable bonds is 3. The minimum Gasteiger partial charge on any atom is -0.444 e. The number of aryl methyl sites for hydroxylation is 1. The van der Waals surface area contributed by atoms with E-state index in [9.17, 15) is 0 Å². The van der Waals surface area contributed by atoms with Gasteiger partial charge in [-0.1, -0.05) is 0 Å². The highest BCUT2D eigenvalue weighted by atomic mass is 79.9. The number of nitrogens with one attached hydrogen (secondary N) is 1. The lowest BCUT2D eigenvalue weighted by Crippen LogP contribution is -1.99. The van der Waals surface area contributed by atoms with Gasteiger partial charge in [-0.25, -0.2) is 4.98 Å². The summed E-state index contributed by atoms with van der Waals surface area (Å²) in [4.78, 5) is 8.13.